The summed E-state index contributed by atoms with van der Waals surface area (Å²) in [5.41, 5.74) is 0.436. The van der Waals surface area contributed by atoms with Crippen molar-refractivity contribution < 1.29 is 14.6 Å². The van der Waals surface area contributed by atoms with Gasteiger partial charge in [0.2, 0.25) is 0 Å². The Bertz CT molecular complexity index is 273. The molecule has 0 spiro atoms. The van der Waals surface area contributed by atoms with Crippen LogP contribution in [0.2, 0.25) is 0 Å². The molecule has 0 radical (unpaired) electrons. The minimum absolute atomic E-state index is 0.183. The van der Waals surface area contributed by atoms with E-state index in [0.29, 0.717) is 12.2 Å². The van der Waals surface area contributed by atoms with Gasteiger partial charge in [-0.3, -0.25) is 0 Å². The van der Waals surface area contributed by atoms with Gasteiger partial charge in [-0.2, -0.15) is 0 Å². The Morgan fingerprint density at radius 3 is 2.44 bits per heavy atom. The van der Waals surface area contributed by atoms with Crippen LogP contribution in [-0.2, 0) is 9.53 Å². The Hall–Kier alpha value is -0.830. The molecule has 104 valence electrons. The molecule has 3 nitrogen and oxygen atoms in total. The number of carbonyl (C=O) groups excluding carboxylic acids is 1. The fraction of sp³-hybridized carbons (Fsp3) is 0.800. The molecule has 18 heavy (non-hydrogen) atoms. The highest BCUT2D eigenvalue weighted by Crippen LogP contribution is 2.25. The fourth-order valence-corrected chi connectivity index (χ4v) is 2.37. The molecule has 1 saturated heterocycles. The quantitative estimate of drug-likeness (QED) is 0.390. The van der Waals surface area contributed by atoms with Crippen LogP contribution in [0.25, 0.3) is 0 Å². The van der Waals surface area contributed by atoms with Crippen LogP contribution in [0.3, 0.4) is 0 Å². The summed E-state index contributed by atoms with van der Waals surface area (Å²) in [6, 6.07) is 0. The molecule has 0 amide bonds. The molecule has 0 aliphatic carbocycles. The standard InChI is InChI=1S/C15H26O3/c1-3-4-5-6-7-8-9-10-14(16)13-11-18-15(17)12(13)2/h13-14,16H,2-11H2,1H3. The molecule has 1 fully saturated rings. The summed E-state index contributed by atoms with van der Waals surface area (Å²) in [4.78, 5) is 11.1. The number of aliphatic hydroxyl groups excluding tert-OH is 1. The number of cyclic esters (lactones) is 1. The monoisotopic (exact) mass is 254 g/mol. The second-order valence-electron chi connectivity index (χ2n) is 5.21. The van der Waals surface area contributed by atoms with Crippen molar-refractivity contribution in [3.63, 3.8) is 0 Å². The maximum absolute atomic E-state index is 11.1. The highest BCUT2D eigenvalue weighted by molar-refractivity contribution is 5.90. The number of esters is 1. The maximum atomic E-state index is 11.1. The van der Waals surface area contributed by atoms with Crippen molar-refractivity contribution in [3.05, 3.63) is 12.2 Å². The number of unbranched alkanes of at least 4 members (excludes halogenated alkanes) is 6. The van der Waals surface area contributed by atoms with Crippen molar-refractivity contribution in [3.8, 4) is 0 Å². The van der Waals surface area contributed by atoms with E-state index in [4.69, 9.17) is 4.74 Å². The van der Waals surface area contributed by atoms with E-state index in [2.05, 4.69) is 13.5 Å². The highest BCUT2D eigenvalue weighted by atomic mass is 16.5. The molecule has 1 heterocycles. The first kappa shape index (κ1) is 15.2. The zero-order valence-electron chi connectivity index (χ0n) is 11.5. The molecule has 0 bridgehead atoms. The Labute approximate surface area is 110 Å². The highest BCUT2D eigenvalue weighted by Gasteiger charge is 2.33. The third kappa shape index (κ3) is 4.81. The fourth-order valence-electron chi connectivity index (χ4n) is 2.37. The SMILES string of the molecule is C=C1C(=O)OCC1C(O)CCCCCCCCC. The van der Waals surface area contributed by atoms with Crippen LogP contribution >= 0.6 is 0 Å². The summed E-state index contributed by atoms with van der Waals surface area (Å²) in [7, 11) is 0. The first-order valence-electron chi connectivity index (χ1n) is 7.20. The van der Waals surface area contributed by atoms with Gasteiger partial charge in [0.05, 0.1) is 12.0 Å². The predicted octanol–water partition coefficient (Wildman–Crippen LogP) is 3.22. The van der Waals surface area contributed by atoms with Crippen molar-refractivity contribution in [1.29, 1.82) is 0 Å². The van der Waals surface area contributed by atoms with Crippen LogP contribution in [0.1, 0.15) is 58.3 Å². The lowest BCUT2D eigenvalue weighted by molar-refractivity contribution is -0.135. The number of ether oxygens (including phenoxy) is 1. The van der Waals surface area contributed by atoms with Gasteiger partial charge >= 0.3 is 5.97 Å². The molecule has 0 aromatic carbocycles. The van der Waals surface area contributed by atoms with Gasteiger partial charge in [0.15, 0.2) is 0 Å². The topological polar surface area (TPSA) is 46.5 Å². The minimum atomic E-state index is -0.473. The Kier molecular flexibility index (Phi) is 7.02. The van der Waals surface area contributed by atoms with Crippen LogP contribution in [-0.4, -0.2) is 23.8 Å². The second-order valence-corrected chi connectivity index (χ2v) is 5.21. The van der Waals surface area contributed by atoms with Gasteiger partial charge in [-0.05, 0) is 6.42 Å². The molecule has 0 saturated carbocycles. The van der Waals surface area contributed by atoms with E-state index in [9.17, 15) is 9.90 Å². The number of hydrogen-bond donors (Lipinski definition) is 1. The third-order valence-corrected chi connectivity index (χ3v) is 3.67. The van der Waals surface area contributed by atoms with Crippen LogP contribution in [0.15, 0.2) is 12.2 Å². The maximum Gasteiger partial charge on any atom is 0.333 e. The van der Waals surface area contributed by atoms with Crippen molar-refractivity contribution in [2.75, 3.05) is 6.61 Å². The summed E-state index contributed by atoms with van der Waals surface area (Å²) in [6.07, 6.45) is 8.91. The summed E-state index contributed by atoms with van der Waals surface area (Å²) in [5.74, 6) is -0.531. The van der Waals surface area contributed by atoms with Gasteiger partial charge in [-0.25, -0.2) is 4.79 Å². The molecule has 3 heteroatoms. The van der Waals surface area contributed by atoms with Gasteiger partial charge in [0, 0.05) is 5.57 Å². The van der Waals surface area contributed by atoms with Crippen molar-refractivity contribution in [2.24, 2.45) is 5.92 Å². The summed E-state index contributed by atoms with van der Waals surface area (Å²) in [5, 5.41) is 9.98. The average molecular weight is 254 g/mol. The van der Waals surface area contributed by atoms with Crippen molar-refractivity contribution in [2.45, 2.75) is 64.4 Å². The molecular formula is C15H26O3. The van der Waals surface area contributed by atoms with Crippen molar-refractivity contribution in [1.82, 2.24) is 0 Å². The van der Waals surface area contributed by atoms with Gasteiger partial charge in [0.1, 0.15) is 6.61 Å². The molecule has 2 atom stereocenters. The van der Waals surface area contributed by atoms with Crippen LogP contribution in [0.5, 0.6) is 0 Å². The van der Waals surface area contributed by atoms with Gasteiger partial charge in [-0.15, -0.1) is 0 Å². The van der Waals surface area contributed by atoms with Crippen molar-refractivity contribution >= 4 is 5.97 Å². The molecule has 0 aromatic rings. The molecule has 2 unspecified atom stereocenters. The summed E-state index contributed by atoms with van der Waals surface area (Å²) in [6.45, 7) is 6.20. The predicted molar refractivity (Wildman–Crippen MR) is 72.2 cm³/mol. The minimum Gasteiger partial charge on any atom is -0.462 e. The van der Waals surface area contributed by atoms with Gasteiger partial charge in [-0.1, -0.05) is 58.4 Å². The Morgan fingerprint density at radius 2 is 1.89 bits per heavy atom. The summed E-state index contributed by atoms with van der Waals surface area (Å²) >= 11 is 0. The van der Waals surface area contributed by atoms with Gasteiger partial charge in [0.25, 0.3) is 0 Å². The first-order chi connectivity index (χ1) is 8.66. The number of rotatable bonds is 9. The number of hydrogen-bond acceptors (Lipinski definition) is 3. The molecule has 1 aliphatic heterocycles. The van der Waals surface area contributed by atoms with E-state index in [1.165, 1.54) is 32.1 Å². The number of carbonyl (C=O) groups is 1. The van der Waals surface area contributed by atoms with E-state index in [0.717, 1.165) is 19.3 Å². The normalized spacial score (nSPS) is 21.1. The largest absolute Gasteiger partial charge is 0.462 e. The lowest BCUT2D eigenvalue weighted by Gasteiger charge is -2.15. The number of aliphatic hydroxyl groups is 1. The van der Waals surface area contributed by atoms with Crippen LogP contribution in [0.4, 0.5) is 0 Å². The van der Waals surface area contributed by atoms with E-state index >= 15 is 0 Å². The molecule has 1 N–H and O–H groups in total. The van der Waals surface area contributed by atoms with E-state index in [1.807, 2.05) is 0 Å². The van der Waals surface area contributed by atoms with E-state index < -0.39 is 6.10 Å². The average Bonchev–Trinajstić information content (AvgIpc) is 2.69. The van der Waals surface area contributed by atoms with Crippen LogP contribution in [0, 0.1) is 5.92 Å². The molecule has 0 aromatic heterocycles. The third-order valence-electron chi connectivity index (χ3n) is 3.67. The van der Waals surface area contributed by atoms with E-state index in [1.54, 1.807) is 0 Å². The smallest absolute Gasteiger partial charge is 0.333 e. The van der Waals surface area contributed by atoms with E-state index in [-0.39, 0.29) is 11.9 Å². The zero-order chi connectivity index (χ0) is 13.4. The molecular weight excluding hydrogens is 228 g/mol. The van der Waals surface area contributed by atoms with Gasteiger partial charge < -0.3 is 9.84 Å². The Balaban J connectivity index is 2.05. The lowest BCUT2D eigenvalue weighted by Crippen LogP contribution is -2.22. The Morgan fingerprint density at radius 1 is 1.28 bits per heavy atom. The first-order valence-corrected chi connectivity index (χ1v) is 7.20. The summed E-state index contributed by atoms with van der Waals surface area (Å²) < 4.78 is 4.87. The molecule has 1 rings (SSSR count). The zero-order valence-corrected chi connectivity index (χ0v) is 11.5. The molecule has 1 aliphatic rings. The second kappa shape index (κ2) is 8.30. The lowest BCUT2D eigenvalue weighted by atomic mass is 9.93. The van der Waals surface area contributed by atoms with Crippen LogP contribution < -0.4 is 0 Å².